The monoisotopic (exact) mass is 413 g/mol. The molecule has 0 nitrogen and oxygen atoms in total. The van der Waals surface area contributed by atoms with E-state index in [1.807, 2.05) is 41.5 Å². The van der Waals surface area contributed by atoms with Crippen molar-refractivity contribution in [2.45, 2.75) is 160 Å². The van der Waals surface area contributed by atoms with Crippen LogP contribution in [0.15, 0.2) is 0 Å². The fraction of sp³-hybridized carbons (Fsp3) is 1.00. The van der Waals surface area contributed by atoms with E-state index in [1.54, 1.807) is 0 Å². The molecule has 0 aromatic carbocycles. The molecule has 0 aliphatic heterocycles. The highest BCUT2D eigenvalue weighted by molar-refractivity contribution is 4.66. The van der Waals surface area contributed by atoms with Crippen molar-refractivity contribution in [1.82, 2.24) is 0 Å². The van der Waals surface area contributed by atoms with Crippen molar-refractivity contribution in [2.24, 2.45) is 29.6 Å². The Labute approximate surface area is 189 Å². The minimum atomic E-state index is 1.01. The number of hydrogen-bond donors (Lipinski definition) is 0. The topological polar surface area (TPSA) is 0 Å². The van der Waals surface area contributed by atoms with Gasteiger partial charge in [0.15, 0.2) is 0 Å². The van der Waals surface area contributed by atoms with Crippen molar-refractivity contribution in [3.63, 3.8) is 0 Å². The van der Waals surface area contributed by atoms with Gasteiger partial charge >= 0.3 is 0 Å². The van der Waals surface area contributed by atoms with Crippen LogP contribution in [0.1, 0.15) is 160 Å². The minimum absolute atomic E-state index is 1.01. The summed E-state index contributed by atoms with van der Waals surface area (Å²) in [7, 11) is 0. The predicted molar refractivity (Wildman–Crippen MR) is 140 cm³/mol. The molecular formula is C29H64. The van der Waals surface area contributed by atoms with Crippen LogP contribution in [0.25, 0.3) is 0 Å². The van der Waals surface area contributed by atoms with Gasteiger partial charge in [0, 0.05) is 0 Å². The van der Waals surface area contributed by atoms with Crippen molar-refractivity contribution in [3.8, 4) is 0 Å². The molecule has 3 fully saturated rings. The molecule has 0 bridgehead atoms. The Balaban J connectivity index is -0.000000310. The lowest BCUT2D eigenvalue weighted by Gasteiger charge is -2.22. The fourth-order valence-corrected chi connectivity index (χ4v) is 4.47. The normalized spacial score (nSPS) is 28.7. The van der Waals surface area contributed by atoms with Crippen LogP contribution in [-0.2, 0) is 0 Å². The van der Waals surface area contributed by atoms with Crippen molar-refractivity contribution in [1.29, 1.82) is 0 Å². The van der Waals surface area contributed by atoms with E-state index >= 15 is 0 Å². The van der Waals surface area contributed by atoms with Crippen LogP contribution in [0.5, 0.6) is 0 Å². The smallest absolute Gasteiger partial charge is 0.0440 e. The second kappa shape index (κ2) is 26.0. The van der Waals surface area contributed by atoms with Crippen LogP contribution in [-0.4, -0.2) is 0 Å². The van der Waals surface area contributed by atoms with Gasteiger partial charge in [-0.1, -0.05) is 153 Å². The van der Waals surface area contributed by atoms with Gasteiger partial charge in [0.1, 0.15) is 0 Å². The zero-order chi connectivity index (χ0) is 23.1. The van der Waals surface area contributed by atoms with E-state index in [2.05, 4.69) is 34.6 Å². The molecule has 180 valence electrons. The molecule has 29 heavy (non-hydrogen) atoms. The van der Waals surface area contributed by atoms with Gasteiger partial charge in [-0.05, 0) is 36.0 Å². The molecule has 3 aliphatic rings. The number of hydrogen-bond acceptors (Lipinski definition) is 0. The molecule has 0 amide bonds. The zero-order valence-electron chi connectivity index (χ0n) is 23.1. The third-order valence-electron chi connectivity index (χ3n) is 6.40. The Hall–Kier alpha value is 0. The average molecular weight is 413 g/mol. The molecule has 3 saturated carbocycles. The van der Waals surface area contributed by atoms with Gasteiger partial charge in [0.05, 0.1) is 0 Å². The lowest BCUT2D eigenvalue weighted by molar-refractivity contribution is 0.301. The highest BCUT2D eigenvalue weighted by Crippen LogP contribution is 2.28. The summed E-state index contributed by atoms with van der Waals surface area (Å²) in [5.74, 6) is 5.10. The molecule has 0 N–H and O–H groups in total. The van der Waals surface area contributed by atoms with E-state index < -0.39 is 0 Å². The average Bonchev–Trinajstić information content (AvgIpc) is 2.76. The standard InChI is InChI=1S/2C8H16.C7H14.3C2H6/c1-7-3-5-8(2)6-4-7;1-7-4-3-5-8(2)6-7;1-7-5-3-2-4-6-7;3*1-2/h2*7-8H,3-6H2,1-2H3;7H,2-6H2,1H3;3*1-2H3. The van der Waals surface area contributed by atoms with E-state index in [-0.39, 0.29) is 0 Å². The fourth-order valence-electron chi connectivity index (χ4n) is 4.47. The van der Waals surface area contributed by atoms with Crippen LogP contribution < -0.4 is 0 Å². The Morgan fingerprint density at radius 1 is 0.310 bits per heavy atom. The Kier molecular flexibility index (Phi) is 30.2. The maximum atomic E-state index is 2.37. The molecule has 3 rings (SSSR count). The molecule has 3 aliphatic carbocycles. The SMILES string of the molecule is CC.CC.CC.CC1CCC(C)CC1.CC1CCCC(C)C1.CC1CCCCC1. The second-order valence-corrected chi connectivity index (χ2v) is 9.49. The predicted octanol–water partition coefficient (Wildman–Crippen LogP) is 11.3. The van der Waals surface area contributed by atoms with E-state index in [0.29, 0.717) is 0 Å². The van der Waals surface area contributed by atoms with Crippen molar-refractivity contribution in [2.75, 3.05) is 0 Å². The summed E-state index contributed by atoms with van der Waals surface area (Å²) in [4.78, 5) is 0. The van der Waals surface area contributed by atoms with E-state index in [4.69, 9.17) is 0 Å². The van der Waals surface area contributed by atoms with Crippen LogP contribution in [0, 0.1) is 29.6 Å². The second-order valence-electron chi connectivity index (χ2n) is 9.49. The lowest BCUT2D eigenvalue weighted by atomic mass is 9.84. The lowest BCUT2D eigenvalue weighted by Crippen LogP contribution is -2.09. The molecule has 0 radical (unpaired) electrons. The third kappa shape index (κ3) is 24.1. The van der Waals surface area contributed by atoms with Gasteiger partial charge in [-0.2, -0.15) is 0 Å². The van der Waals surface area contributed by atoms with Gasteiger partial charge < -0.3 is 0 Å². The molecule has 0 heteroatoms. The first-order valence-electron chi connectivity index (χ1n) is 14.0. The van der Waals surface area contributed by atoms with Gasteiger partial charge in [-0.25, -0.2) is 0 Å². The van der Waals surface area contributed by atoms with Gasteiger partial charge in [0.25, 0.3) is 0 Å². The summed E-state index contributed by atoms with van der Waals surface area (Å²) in [6.45, 7) is 23.8. The van der Waals surface area contributed by atoms with Crippen LogP contribution >= 0.6 is 0 Å². The summed E-state index contributed by atoms with van der Waals surface area (Å²) < 4.78 is 0. The molecule has 0 heterocycles. The first-order valence-corrected chi connectivity index (χ1v) is 14.0. The van der Waals surface area contributed by atoms with Crippen molar-refractivity contribution >= 4 is 0 Å². The largest absolute Gasteiger partial charge is 0.0683 e. The van der Waals surface area contributed by atoms with Crippen LogP contribution in [0.4, 0.5) is 0 Å². The quantitative estimate of drug-likeness (QED) is 0.371. The highest BCUT2D eigenvalue weighted by Gasteiger charge is 2.14. The Bertz CT molecular complexity index is 237. The first-order chi connectivity index (χ1) is 14.0. The number of rotatable bonds is 0. The molecular weight excluding hydrogens is 348 g/mol. The van der Waals surface area contributed by atoms with E-state index in [1.165, 1.54) is 83.5 Å². The van der Waals surface area contributed by atoms with Gasteiger partial charge in [0.2, 0.25) is 0 Å². The van der Waals surface area contributed by atoms with Crippen molar-refractivity contribution in [3.05, 3.63) is 0 Å². The minimum Gasteiger partial charge on any atom is -0.0683 e. The third-order valence-corrected chi connectivity index (χ3v) is 6.40. The summed E-state index contributed by atoms with van der Waals surface area (Å²) in [5, 5.41) is 0. The summed E-state index contributed by atoms with van der Waals surface area (Å²) >= 11 is 0. The van der Waals surface area contributed by atoms with E-state index in [9.17, 15) is 0 Å². The summed E-state index contributed by atoms with van der Waals surface area (Å²) in [6, 6.07) is 0. The summed E-state index contributed by atoms with van der Waals surface area (Å²) in [5.41, 5.74) is 0. The van der Waals surface area contributed by atoms with Gasteiger partial charge in [-0.3, -0.25) is 0 Å². The summed E-state index contributed by atoms with van der Waals surface area (Å²) in [6.07, 6.45) is 19.2. The van der Waals surface area contributed by atoms with Crippen LogP contribution in [0.2, 0.25) is 0 Å². The maximum absolute atomic E-state index is 2.37. The molecule has 0 spiro atoms. The molecule has 0 aromatic heterocycles. The highest BCUT2D eigenvalue weighted by atomic mass is 14.2. The first kappa shape index (κ1) is 33.6. The maximum Gasteiger partial charge on any atom is -0.0440 e. The zero-order valence-corrected chi connectivity index (χ0v) is 23.1. The molecule has 0 aromatic rings. The Morgan fingerprint density at radius 3 is 0.793 bits per heavy atom. The molecule has 2 atom stereocenters. The molecule has 2 unspecified atom stereocenters. The van der Waals surface area contributed by atoms with E-state index in [0.717, 1.165) is 29.6 Å². The molecule has 0 saturated heterocycles. The Morgan fingerprint density at radius 2 is 0.586 bits per heavy atom. The van der Waals surface area contributed by atoms with Crippen LogP contribution in [0.3, 0.4) is 0 Å². The van der Waals surface area contributed by atoms with Gasteiger partial charge in [-0.15, -0.1) is 0 Å². The van der Waals surface area contributed by atoms with Crippen molar-refractivity contribution < 1.29 is 0 Å².